The van der Waals surface area contributed by atoms with Crippen LogP contribution in [0.1, 0.15) is 29.7 Å². The van der Waals surface area contributed by atoms with E-state index in [1.54, 1.807) is 7.11 Å². The molecule has 154 valence electrons. The molecular formula is C22H24N6O2. The SMILES string of the molecule is COc1nc2c(c(N3CCNC(CC#N)C3)n1)NC(=O)C1(CCc3ccccc31)C2. The van der Waals surface area contributed by atoms with Crippen molar-refractivity contribution >= 4 is 17.4 Å². The third kappa shape index (κ3) is 2.89. The number of aryl methyl sites for hydroxylation is 1. The van der Waals surface area contributed by atoms with Gasteiger partial charge in [-0.3, -0.25) is 4.79 Å². The van der Waals surface area contributed by atoms with E-state index < -0.39 is 5.41 Å². The maximum atomic E-state index is 13.4. The number of carbonyl (C=O) groups excluding carboxylic acids is 1. The van der Waals surface area contributed by atoms with Crippen LogP contribution in [-0.2, 0) is 23.1 Å². The lowest BCUT2D eigenvalue weighted by Gasteiger charge is -2.38. The maximum absolute atomic E-state index is 13.4. The van der Waals surface area contributed by atoms with Gasteiger partial charge in [0.1, 0.15) is 5.69 Å². The minimum Gasteiger partial charge on any atom is -0.467 e. The fourth-order valence-electron chi connectivity index (χ4n) is 5.02. The smallest absolute Gasteiger partial charge is 0.318 e. The van der Waals surface area contributed by atoms with Crippen molar-refractivity contribution in [2.45, 2.75) is 37.1 Å². The molecule has 8 nitrogen and oxygen atoms in total. The van der Waals surface area contributed by atoms with Gasteiger partial charge < -0.3 is 20.3 Å². The summed E-state index contributed by atoms with van der Waals surface area (Å²) in [6.07, 6.45) is 2.62. The fourth-order valence-corrected chi connectivity index (χ4v) is 5.02. The topological polar surface area (TPSA) is 103 Å². The molecule has 1 fully saturated rings. The summed E-state index contributed by atoms with van der Waals surface area (Å²) in [4.78, 5) is 24.8. The minimum atomic E-state index is -0.590. The van der Waals surface area contributed by atoms with Crippen molar-refractivity contribution < 1.29 is 9.53 Å². The second kappa shape index (κ2) is 7.26. The summed E-state index contributed by atoms with van der Waals surface area (Å²) in [5.74, 6) is 0.689. The van der Waals surface area contributed by atoms with E-state index in [-0.39, 0.29) is 11.9 Å². The first-order chi connectivity index (χ1) is 14.6. The Morgan fingerprint density at radius 2 is 2.23 bits per heavy atom. The van der Waals surface area contributed by atoms with Crippen molar-refractivity contribution in [1.29, 1.82) is 5.26 Å². The van der Waals surface area contributed by atoms with Crippen LogP contribution in [0.15, 0.2) is 24.3 Å². The first kappa shape index (κ1) is 18.8. The van der Waals surface area contributed by atoms with Crippen molar-refractivity contribution in [3.63, 3.8) is 0 Å². The highest BCUT2D eigenvalue weighted by molar-refractivity contribution is 6.04. The van der Waals surface area contributed by atoms with E-state index in [9.17, 15) is 4.79 Å². The number of carbonyl (C=O) groups is 1. The molecule has 3 aliphatic rings. The number of benzene rings is 1. The number of nitrogens with zero attached hydrogens (tertiary/aromatic N) is 4. The Hall–Kier alpha value is -3.18. The molecule has 2 unspecified atom stereocenters. The van der Waals surface area contributed by atoms with Crippen LogP contribution in [0.2, 0.25) is 0 Å². The number of nitrogens with one attached hydrogen (secondary N) is 2. The normalized spacial score (nSPS) is 24.7. The Morgan fingerprint density at radius 3 is 3.07 bits per heavy atom. The minimum absolute atomic E-state index is 0.0127. The summed E-state index contributed by atoms with van der Waals surface area (Å²) in [6, 6.07) is 10.8. The van der Waals surface area contributed by atoms with Gasteiger partial charge in [0.25, 0.3) is 0 Å². The quantitative estimate of drug-likeness (QED) is 0.800. The predicted molar refractivity (Wildman–Crippen MR) is 112 cm³/mol. The summed E-state index contributed by atoms with van der Waals surface area (Å²) < 4.78 is 5.40. The van der Waals surface area contributed by atoms with Gasteiger partial charge in [0.15, 0.2) is 5.82 Å². The lowest BCUT2D eigenvalue weighted by molar-refractivity contribution is -0.122. The Bertz CT molecular complexity index is 1050. The number of methoxy groups -OCH3 is 1. The standard InChI is InChI=1S/C22H24N6O2/c1-30-21-25-17-12-22(8-6-14-4-2-3-5-16(14)22)20(29)26-18(17)19(27-21)28-11-10-24-15(13-28)7-9-23/h2-5,15,24H,6-8,10-13H2,1H3,(H,26,29). The van der Waals surface area contributed by atoms with Gasteiger partial charge in [-0.15, -0.1) is 0 Å². The Kier molecular flexibility index (Phi) is 4.55. The zero-order valence-corrected chi connectivity index (χ0v) is 16.9. The van der Waals surface area contributed by atoms with Crippen LogP contribution in [0.25, 0.3) is 0 Å². The molecular weight excluding hydrogens is 380 g/mol. The Balaban J connectivity index is 1.56. The number of aromatic nitrogens is 2. The number of ether oxygens (including phenoxy) is 1. The highest BCUT2D eigenvalue weighted by Gasteiger charge is 2.49. The third-order valence-corrected chi connectivity index (χ3v) is 6.52. The van der Waals surface area contributed by atoms with Crippen LogP contribution in [-0.4, -0.2) is 48.7 Å². The molecule has 1 saturated heterocycles. The van der Waals surface area contributed by atoms with Gasteiger partial charge in [-0.1, -0.05) is 24.3 Å². The molecule has 1 aromatic heterocycles. The predicted octanol–water partition coefficient (Wildman–Crippen LogP) is 1.56. The van der Waals surface area contributed by atoms with Gasteiger partial charge in [0.05, 0.1) is 30.7 Å². The van der Waals surface area contributed by atoms with Crippen LogP contribution in [0.4, 0.5) is 11.5 Å². The molecule has 2 aromatic rings. The highest BCUT2D eigenvalue weighted by Crippen LogP contribution is 2.47. The number of anilines is 2. The lowest BCUT2D eigenvalue weighted by Crippen LogP contribution is -2.51. The molecule has 8 heteroatoms. The molecule has 0 bridgehead atoms. The molecule has 1 aromatic carbocycles. The number of rotatable bonds is 3. The van der Waals surface area contributed by atoms with Crippen LogP contribution in [0, 0.1) is 11.3 Å². The number of hydrogen-bond acceptors (Lipinski definition) is 7. The molecule has 0 saturated carbocycles. The van der Waals surface area contributed by atoms with Crippen molar-refractivity contribution in [1.82, 2.24) is 15.3 Å². The molecule has 30 heavy (non-hydrogen) atoms. The Labute approximate surface area is 175 Å². The van der Waals surface area contributed by atoms with Crippen LogP contribution in [0.5, 0.6) is 6.01 Å². The molecule has 2 aliphatic heterocycles. The van der Waals surface area contributed by atoms with Crippen LogP contribution >= 0.6 is 0 Å². The summed E-state index contributed by atoms with van der Waals surface area (Å²) in [6.45, 7) is 2.13. The van der Waals surface area contributed by atoms with Crippen molar-refractivity contribution in [3.05, 3.63) is 41.1 Å². The second-order valence-electron chi connectivity index (χ2n) is 8.19. The second-order valence-corrected chi connectivity index (χ2v) is 8.19. The first-order valence-electron chi connectivity index (χ1n) is 10.3. The third-order valence-electron chi connectivity index (χ3n) is 6.52. The number of piperazine rings is 1. The van der Waals surface area contributed by atoms with Crippen LogP contribution in [0.3, 0.4) is 0 Å². The number of fused-ring (bicyclic) bond motifs is 3. The summed E-state index contributed by atoms with van der Waals surface area (Å²) in [5, 5.41) is 15.6. The molecule has 5 rings (SSSR count). The van der Waals surface area contributed by atoms with E-state index in [0.717, 1.165) is 37.2 Å². The summed E-state index contributed by atoms with van der Waals surface area (Å²) in [5.41, 5.74) is 3.23. The van der Waals surface area contributed by atoms with Gasteiger partial charge in [0, 0.05) is 32.1 Å². The van der Waals surface area contributed by atoms with Gasteiger partial charge in [-0.25, -0.2) is 0 Å². The number of amides is 1. The molecule has 3 heterocycles. The van der Waals surface area contributed by atoms with Crippen molar-refractivity contribution in [3.8, 4) is 12.1 Å². The van der Waals surface area contributed by atoms with E-state index in [2.05, 4.69) is 43.7 Å². The van der Waals surface area contributed by atoms with Crippen LogP contribution < -0.4 is 20.3 Å². The zero-order valence-electron chi connectivity index (χ0n) is 16.9. The van der Waals surface area contributed by atoms with E-state index in [4.69, 9.17) is 10.00 Å². The summed E-state index contributed by atoms with van der Waals surface area (Å²) in [7, 11) is 1.56. The maximum Gasteiger partial charge on any atom is 0.318 e. The molecule has 2 atom stereocenters. The van der Waals surface area contributed by atoms with Gasteiger partial charge in [-0.05, 0) is 24.0 Å². The van der Waals surface area contributed by atoms with Crippen molar-refractivity contribution in [2.75, 3.05) is 37.0 Å². The van der Waals surface area contributed by atoms with Gasteiger partial charge >= 0.3 is 6.01 Å². The fraction of sp³-hybridized carbons (Fsp3) is 0.455. The number of hydrogen-bond donors (Lipinski definition) is 2. The van der Waals surface area contributed by atoms with E-state index in [1.165, 1.54) is 5.56 Å². The molecule has 1 amide bonds. The average Bonchev–Trinajstić information content (AvgIpc) is 3.14. The zero-order chi connectivity index (χ0) is 20.7. The monoisotopic (exact) mass is 404 g/mol. The first-order valence-corrected chi connectivity index (χ1v) is 10.3. The Morgan fingerprint density at radius 1 is 1.37 bits per heavy atom. The van der Waals surface area contributed by atoms with E-state index in [1.807, 2.05) is 12.1 Å². The molecule has 0 radical (unpaired) electrons. The largest absolute Gasteiger partial charge is 0.467 e. The highest BCUT2D eigenvalue weighted by atomic mass is 16.5. The van der Waals surface area contributed by atoms with E-state index in [0.29, 0.717) is 36.9 Å². The number of nitriles is 1. The molecule has 1 aliphatic carbocycles. The lowest BCUT2D eigenvalue weighted by atomic mass is 9.74. The summed E-state index contributed by atoms with van der Waals surface area (Å²) >= 11 is 0. The van der Waals surface area contributed by atoms with E-state index >= 15 is 0 Å². The molecule has 1 spiro atoms. The van der Waals surface area contributed by atoms with Crippen molar-refractivity contribution in [2.24, 2.45) is 0 Å². The average molecular weight is 404 g/mol. The molecule has 2 N–H and O–H groups in total. The van der Waals surface area contributed by atoms with Gasteiger partial charge in [0.2, 0.25) is 5.91 Å². The van der Waals surface area contributed by atoms with Gasteiger partial charge in [-0.2, -0.15) is 15.2 Å².